The van der Waals surface area contributed by atoms with Crippen LogP contribution in [0, 0.1) is 11.8 Å². The standard InChI is InChI=1S/C17H10O6/c1-7-9(4-5-11-13(7)17(21)23-15(11)19)8-2-3-10-12(6-8)16(20)22-14(10)18/h2-7,13H,1H3. The zero-order valence-electron chi connectivity index (χ0n) is 12.0. The molecule has 4 rings (SSSR count). The highest BCUT2D eigenvalue weighted by molar-refractivity contribution is 6.15. The lowest BCUT2D eigenvalue weighted by Crippen LogP contribution is -2.22. The molecule has 2 heterocycles. The highest BCUT2D eigenvalue weighted by Crippen LogP contribution is 2.41. The number of cyclic esters (lactones) is 4. The Hall–Kier alpha value is -3.02. The molecule has 1 aromatic carbocycles. The molecule has 6 nitrogen and oxygen atoms in total. The largest absolute Gasteiger partial charge is 0.389 e. The van der Waals surface area contributed by atoms with Crippen molar-refractivity contribution in [3.05, 3.63) is 52.6 Å². The van der Waals surface area contributed by atoms with Gasteiger partial charge in [0.1, 0.15) is 0 Å². The van der Waals surface area contributed by atoms with Gasteiger partial charge >= 0.3 is 23.9 Å². The van der Waals surface area contributed by atoms with Gasteiger partial charge in [-0.25, -0.2) is 14.4 Å². The second-order valence-corrected chi connectivity index (χ2v) is 5.66. The average molecular weight is 310 g/mol. The lowest BCUT2D eigenvalue weighted by molar-refractivity contribution is -0.152. The normalized spacial score (nSPS) is 25.4. The molecule has 2 unspecified atom stereocenters. The van der Waals surface area contributed by atoms with Crippen LogP contribution in [0.3, 0.4) is 0 Å². The number of carbonyl (C=O) groups is 4. The summed E-state index contributed by atoms with van der Waals surface area (Å²) in [4.78, 5) is 46.6. The molecule has 0 spiro atoms. The van der Waals surface area contributed by atoms with Crippen LogP contribution in [0.5, 0.6) is 0 Å². The summed E-state index contributed by atoms with van der Waals surface area (Å²) in [6.07, 6.45) is 3.31. The highest BCUT2D eigenvalue weighted by atomic mass is 16.6. The highest BCUT2D eigenvalue weighted by Gasteiger charge is 2.45. The van der Waals surface area contributed by atoms with E-state index in [0.29, 0.717) is 11.1 Å². The Morgan fingerprint density at radius 3 is 2.30 bits per heavy atom. The van der Waals surface area contributed by atoms with E-state index in [9.17, 15) is 19.2 Å². The van der Waals surface area contributed by atoms with Crippen molar-refractivity contribution in [1.82, 2.24) is 0 Å². The van der Waals surface area contributed by atoms with Crippen molar-refractivity contribution in [2.24, 2.45) is 11.8 Å². The second kappa shape index (κ2) is 4.49. The zero-order valence-corrected chi connectivity index (χ0v) is 12.0. The quantitative estimate of drug-likeness (QED) is 0.579. The summed E-state index contributed by atoms with van der Waals surface area (Å²) in [7, 11) is 0. The minimum Gasteiger partial charge on any atom is -0.389 e. The second-order valence-electron chi connectivity index (χ2n) is 5.66. The molecule has 6 heteroatoms. The van der Waals surface area contributed by atoms with E-state index in [1.165, 1.54) is 6.07 Å². The lowest BCUT2D eigenvalue weighted by Gasteiger charge is -2.23. The Kier molecular flexibility index (Phi) is 2.66. The smallest absolute Gasteiger partial charge is 0.346 e. The molecule has 1 aromatic rings. The fourth-order valence-electron chi connectivity index (χ4n) is 3.25. The topological polar surface area (TPSA) is 86.7 Å². The molecule has 2 atom stereocenters. The zero-order chi connectivity index (χ0) is 16.3. The van der Waals surface area contributed by atoms with E-state index in [-0.39, 0.29) is 17.0 Å². The molecule has 23 heavy (non-hydrogen) atoms. The summed E-state index contributed by atoms with van der Waals surface area (Å²) in [5.41, 5.74) is 2.28. The fraction of sp³-hybridized carbons (Fsp3) is 0.176. The van der Waals surface area contributed by atoms with E-state index in [0.717, 1.165) is 5.57 Å². The molecule has 0 amide bonds. The molecule has 1 saturated heterocycles. The average Bonchev–Trinajstić information content (AvgIpc) is 2.97. The van der Waals surface area contributed by atoms with Crippen LogP contribution >= 0.6 is 0 Å². The van der Waals surface area contributed by atoms with Gasteiger partial charge in [0.05, 0.1) is 22.6 Å². The minimum atomic E-state index is -0.678. The maximum atomic E-state index is 11.9. The van der Waals surface area contributed by atoms with Crippen LogP contribution < -0.4 is 0 Å². The molecule has 0 saturated carbocycles. The van der Waals surface area contributed by atoms with Gasteiger partial charge in [0, 0.05) is 0 Å². The van der Waals surface area contributed by atoms with Crippen LogP contribution in [0.4, 0.5) is 0 Å². The third-order valence-electron chi connectivity index (χ3n) is 4.43. The van der Waals surface area contributed by atoms with Gasteiger partial charge in [-0.2, -0.15) is 0 Å². The van der Waals surface area contributed by atoms with Gasteiger partial charge in [-0.3, -0.25) is 4.79 Å². The van der Waals surface area contributed by atoms with Gasteiger partial charge in [-0.05, 0) is 29.2 Å². The number of fused-ring (bicyclic) bond motifs is 2. The van der Waals surface area contributed by atoms with Crippen molar-refractivity contribution >= 4 is 29.5 Å². The summed E-state index contributed by atoms with van der Waals surface area (Å²) in [5.74, 6) is -3.41. The van der Waals surface area contributed by atoms with Crippen LogP contribution in [-0.4, -0.2) is 23.9 Å². The van der Waals surface area contributed by atoms with Gasteiger partial charge in [-0.1, -0.05) is 25.1 Å². The van der Waals surface area contributed by atoms with Gasteiger partial charge in [0.15, 0.2) is 0 Å². The molecular formula is C17H10O6. The molecule has 0 radical (unpaired) electrons. The molecule has 3 aliphatic rings. The lowest BCUT2D eigenvalue weighted by atomic mass is 9.77. The first-order valence-electron chi connectivity index (χ1n) is 7.06. The molecule has 0 bridgehead atoms. The number of hydrogen-bond donors (Lipinski definition) is 0. The molecule has 1 fully saturated rings. The maximum absolute atomic E-state index is 11.9. The van der Waals surface area contributed by atoms with Gasteiger partial charge in [0.2, 0.25) is 0 Å². The first-order chi connectivity index (χ1) is 11.0. The van der Waals surface area contributed by atoms with E-state index < -0.39 is 29.8 Å². The predicted molar refractivity (Wildman–Crippen MR) is 76.0 cm³/mol. The number of ether oxygens (including phenoxy) is 2. The molecule has 1 aliphatic carbocycles. The van der Waals surface area contributed by atoms with Crippen molar-refractivity contribution < 1.29 is 28.7 Å². The first-order valence-corrected chi connectivity index (χ1v) is 7.06. The monoisotopic (exact) mass is 310 g/mol. The van der Waals surface area contributed by atoms with Crippen molar-refractivity contribution in [2.75, 3.05) is 0 Å². The third kappa shape index (κ3) is 1.81. The van der Waals surface area contributed by atoms with E-state index in [4.69, 9.17) is 0 Å². The van der Waals surface area contributed by atoms with Crippen molar-refractivity contribution in [3.8, 4) is 0 Å². The predicted octanol–water partition coefficient (Wildman–Crippen LogP) is 1.66. The molecule has 2 aliphatic heterocycles. The van der Waals surface area contributed by atoms with Crippen LogP contribution in [0.15, 0.2) is 35.9 Å². The Balaban J connectivity index is 1.79. The van der Waals surface area contributed by atoms with E-state index in [1.54, 1.807) is 24.3 Å². The SMILES string of the molecule is CC1C(c2ccc3c(c2)C(=O)OC3=O)=CC=C2C(=O)OC(=O)C21. The van der Waals surface area contributed by atoms with Crippen LogP contribution in [0.2, 0.25) is 0 Å². The summed E-state index contributed by atoms with van der Waals surface area (Å²) in [5, 5.41) is 0. The number of hydrogen-bond acceptors (Lipinski definition) is 6. The van der Waals surface area contributed by atoms with Crippen molar-refractivity contribution in [2.45, 2.75) is 6.92 Å². The third-order valence-corrected chi connectivity index (χ3v) is 4.43. The van der Waals surface area contributed by atoms with Crippen molar-refractivity contribution in [1.29, 1.82) is 0 Å². The van der Waals surface area contributed by atoms with Gasteiger partial charge in [0.25, 0.3) is 0 Å². The number of benzene rings is 1. The van der Waals surface area contributed by atoms with Crippen LogP contribution in [-0.2, 0) is 19.1 Å². The molecule has 0 aromatic heterocycles. The summed E-state index contributed by atoms with van der Waals surface area (Å²) < 4.78 is 9.24. The Morgan fingerprint density at radius 1 is 0.826 bits per heavy atom. The molecule has 114 valence electrons. The summed E-state index contributed by atoms with van der Waals surface area (Å²) in [6, 6.07) is 4.80. The minimum absolute atomic E-state index is 0.209. The first kappa shape index (κ1) is 13.6. The van der Waals surface area contributed by atoms with Crippen LogP contribution in [0.1, 0.15) is 33.2 Å². The summed E-state index contributed by atoms with van der Waals surface area (Å²) in [6.45, 7) is 1.82. The Bertz CT molecular complexity index is 873. The van der Waals surface area contributed by atoms with E-state index >= 15 is 0 Å². The Labute approximate surface area is 130 Å². The van der Waals surface area contributed by atoms with E-state index in [2.05, 4.69) is 9.47 Å². The number of rotatable bonds is 1. The molecular weight excluding hydrogens is 300 g/mol. The number of carbonyl (C=O) groups excluding carboxylic acids is 4. The Morgan fingerprint density at radius 2 is 1.52 bits per heavy atom. The van der Waals surface area contributed by atoms with Crippen LogP contribution in [0.25, 0.3) is 5.57 Å². The maximum Gasteiger partial charge on any atom is 0.346 e. The summed E-state index contributed by atoms with van der Waals surface area (Å²) >= 11 is 0. The van der Waals surface area contributed by atoms with Crippen molar-refractivity contribution in [3.63, 3.8) is 0 Å². The van der Waals surface area contributed by atoms with Gasteiger partial charge < -0.3 is 9.47 Å². The van der Waals surface area contributed by atoms with Gasteiger partial charge in [-0.15, -0.1) is 0 Å². The fourth-order valence-corrected chi connectivity index (χ4v) is 3.25. The van der Waals surface area contributed by atoms with E-state index in [1.807, 2.05) is 6.92 Å². The number of allylic oxidation sites excluding steroid dienone is 3. The number of esters is 4. The molecule has 0 N–H and O–H groups in total.